The van der Waals surface area contributed by atoms with E-state index in [2.05, 4.69) is 72.6 Å². The van der Waals surface area contributed by atoms with Gasteiger partial charge in [0.05, 0.1) is 23.1 Å². The third kappa shape index (κ3) is 8.08. The fourth-order valence-corrected chi connectivity index (χ4v) is 6.44. The van der Waals surface area contributed by atoms with E-state index in [-0.39, 0.29) is 17.9 Å². The maximum atomic E-state index is 13.6. The molecule has 0 bridgehead atoms. The second-order valence-corrected chi connectivity index (χ2v) is 13.6. The number of carbonyl (C=O) groups excluding carboxylic acids is 2. The zero-order valence-electron chi connectivity index (χ0n) is 27.1. The van der Waals surface area contributed by atoms with Gasteiger partial charge in [0.15, 0.2) is 0 Å². The van der Waals surface area contributed by atoms with E-state index in [1.54, 1.807) is 11.1 Å². The number of piperidine rings is 2. The number of ether oxygens (including phenoxy) is 1. The van der Waals surface area contributed by atoms with Crippen molar-refractivity contribution in [1.82, 2.24) is 24.9 Å². The van der Waals surface area contributed by atoms with Gasteiger partial charge < -0.3 is 19.9 Å². The molecule has 0 spiro atoms. The average Bonchev–Trinajstić information content (AvgIpc) is 3.45. The monoisotopic (exact) mass is 599 g/mol. The lowest BCUT2D eigenvalue weighted by atomic mass is 9.90. The van der Waals surface area contributed by atoms with E-state index in [0.29, 0.717) is 25.2 Å². The van der Waals surface area contributed by atoms with Crippen molar-refractivity contribution < 1.29 is 14.3 Å². The van der Waals surface area contributed by atoms with Gasteiger partial charge in [-0.15, -0.1) is 0 Å². The van der Waals surface area contributed by atoms with Gasteiger partial charge in [-0.3, -0.25) is 4.79 Å². The Morgan fingerprint density at radius 1 is 0.932 bits per heavy atom. The normalized spacial score (nSPS) is 17.1. The molecular formula is C36H49N5O3. The van der Waals surface area contributed by atoms with Crippen LogP contribution in [0.3, 0.4) is 0 Å². The Morgan fingerprint density at radius 3 is 2.30 bits per heavy atom. The standard InChI is InChI=1S/C36H49N5O3/c1-26-11-12-31(23-27(26)2)41-33(30-15-20-40(21-16-30)35(43)44-36(3,4)5)32(25-38-41)34(42)37-17-22-39-18-13-29(14-19-39)24-28-9-7-6-8-10-28/h6-12,23,25,29-30H,13-22,24H2,1-5H3,(H,37,42). The first-order chi connectivity index (χ1) is 21.1. The van der Waals surface area contributed by atoms with E-state index in [4.69, 9.17) is 9.84 Å². The minimum atomic E-state index is -0.529. The fourth-order valence-electron chi connectivity index (χ4n) is 6.44. The highest BCUT2D eigenvalue weighted by Gasteiger charge is 2.32. The van der Waals surface area contributed by atoms with Crippen LogP contribution in [0.1, 0.15) is 85.1 Å². The first-order valence-corrected chi connectivity index (χ1v) is 16.3. The Kier molecular flexibility index (Phi) is 10.1. The van der Waals surface area contributed by atoms with Gasteiger partial charge in [-0.1, -0.05) is 36.4 Å². The number of nitrogens with one attached hydrogen (secondary N) is 1. The van der Waals surface area contributed by atoms with Crippen LogP contribution in [0.15, 0.2) is 54.7 Å². The first kappa shape index (κ1) is 31.8. The molecule has 236 valence electrons. The van der Waals surface area contributed by atoms with Crippen molar-refractivity contribution in [2.24, 2.45) is 5.92 Å². The molecule has 1 N–H and O–H groups in total. The number of rotatable bonds is 8. The Hall–Kier alpha value is -3.65. The van der Waals surface area contributed by atoms with Crippen molar-refractivity contribution in [3.63, 3.8) is 0 Å². The second-order valence-electron chi connectivity index (χ2n) is 13.6. The number of hydrogen-bond donors (Lipinski definition) is 1. The molecule has 0 aliphatic carbocycles. The number of carbonyl (C=O) groups is 2. The quantitative estimate of drug-likeness (QED) is 0.329. The lowest BCUT2D eigenvalue weighted by Crippen LogP contribution is -2.42. The number of aromatic nitrogens is 2. The number of hydrogen-bond acceptors (Lipinski definition) is 5. The van der Waals surface area contributed by atoms with Gasteiger partial charge in [0, 0.05) is 32.1 Å². The minimum absolute atomic E-state index is 0.0800. The Bertz CT molecular complexity index is 1410. The van der Waals surface area contributed by atoms with Crippen LogP contribution in [0, 0.1) is 19.8 Å². The SMILES string of the molecule is Cc1ccc(-n2ncc(C(=O)NCCN3CCC(Cc4ccccc4)CC3)c2C2CCN(C(=O)OC(C)(C)C)CC2)cc1C. The summed E-state index contributed by atoms with van der Waals surface area (Å²) in [6.45, 7) is 14.6. The molecule has 0 atom stereocenters. The van der Waals surface area contributed by atoms with Crippen molar-refractivity contribution >= 4 is 12.0 Å². The Labute approximate surface area is 262 Å². The number of nitrogens with zero attached hydrogens (tertiary/aromatic N) is 4. The van der Waals surface area contributed by atoms with Gasteiger partial charge in [-0.25, -0.2) is 9.48 Å². The number of likely N-dealkylation sites (tertiary alicyclic amines) is 2. The van der Waals surface area contributed by atoms with Crippen LogP contribution in [-0.4, -0.2) is 76.5 Å². The van der Waals surface area contributed by atoms with Crippen molar-refractivity contribution in [1.29, 1.82) is 0 Å². The molecule has 8 nitrogen and oxygen atoms in total. The lowest BCUT2D eigenvalue weighted by Gasteiger charge is -2.34. The van der Waals surface area contributed by atoms with E-state index in [1.165, 1.54) is 29.5 Å². The summed E-state index contributed by atoms with van der Waals surface area (Å²) in [4.78, 5) is 30.6. The molecule has 0 saturated carbocycles. The summed E-state index contributed by atoms with van der Waals surface area (Å²) in [5, 5.41) is 7.93. The molecule has 2 saturated heterocycles. The van der Waals surface area contributed by atoms with Gasteiger partial charge in [-0.2, -0.15) is 5.10 Å². The maximum Gasteiger partial charge on any atom is 0.410 e. The van der Waals surface area contributed by atoms with E-state index < -0.39 is 5.60 Å². The summed E-state index contributed by atoms with van der Waals surface area (Å²) in [5.41, 5.74) is 5.80. The third-order valence-electron chi connectivity index (χ3n) is 9.11. The van der Waals surface area contributed by atoms with Crippen molar-refractivity contribution in [3.05, 3.63) is 82.7 Å². The van der Waals surface area contributed by atoms with Crippen LogP contribution in [0.5, 0.6) is 0 Å². The smallest absolute Gasteiger partial charge is 0.410 e. The predicted molar refractivity (Wildman–Crippen MR) is 174 cm³/mol. The van der Waals surface area contributed by atoms with Crippen LogP contribution in [0.4, 0.5) is 4.79 Å². The number of benzene rings is 2. The number of amides is 2. The van der Waals surface area contributed by atoms with E-state index in [0.717, 1.165) is 56.2 Å². The lowest BCUT2D eigenvalue weighted by molar-refractivity contribution is 0.0203. The molecule has 3 aromatic rings. The van der Waals surface area contributed by atoms with Crippen LogP contribution in [0.25, 0.3) is 5.69 Å². The van der Waals surface area contributed by atoms with Crippen LogP contribution in [0.2, 0.25) is 0 Å². The molecular weight excluding hydrogens is 550 g/mol. The summed E-state index contributed by atoms with van der Waals surface area (Å²) in [6.07, 6.45) is 6.46. The average molecular weight is 600 g/mol. The topological polar surface area (TPSA) is 79.7 Å². The first-order valence-electron chi connectivity index (χ1n) is 16.3. The molecule has 2 aliphatic heterocycles. The van der Waals surface area contributed by atoms with Crippen molar-refractivity contribution in [2.45, 2.75) is 78.2 Å². The third-order valence-corrected chi connectivity index (χ3v) is 9.11. The zero-order chi connectivity index (χ0) is 31.3. The van der Waals surface area contributed by atoms with E-state index in [1.807, 2.05) is 25.5 Å². The summed E-state index contributed by atoms with van der Waals surface area (Å²) in [6, 6.07) is 17.1. The molecule has 2 fully saturated rings. The van der Waals surface area contributed by atoms with Gasteiger partial charge in [0.1, 0.15) is 5.60 Å². The van der Waals surface area contributed by atoms with Crippen LogP contribution in [-0.2, 0) is 11.2 Å². The Balaban J connectivity index is 1.22. The zero-order valence-corrected chi connectivity index (χ0v) is 27.1. The molecule has 3 heterocycles. The van der Waals surface area contributed by atoms with Crippen molar-refractivity contribution in [3.8, 4) is 5.69 Å². The van der Waals surface area contributed by atoms with Gasteiger partial charge in [0.2, 0.25) is 0 Å². The maximum absolute atomic E-state index is 13.6. The summed E-state index contributed by atoms with van der Waals surface area (Å²) in [5.74, 6) is 0.745. The summed E-state index contributed by atoms with van der Waals surface area (Å²) in [7, 11) is 0. The summed E-state index contributed by atoms with van der Waals surface area (Å²) >= 11 is 0. The highest BCUT2D eigenvalue weighted by Crippen LogP contribution is 2.33. The van der Waals surface area contributed by atoms with Crippen LogP contribution >= 0.6 is 0 Å². The molecule has 2 amide bonds. The van der Waals surface area contributed by atoms with E-state index in [9.17, 15) is 9.59 Å². The van der Waals surface area contributed by atoms with Crippen LogP contribution < -0.4 is 5.32 Å². The second kappa shape index (κ2) is 14.0. The molecule has 2 aromatic carbocycles. The largest absolute Gasteiger partial charge is 0.444 e. The minimum Gasteiger partial charge on any atom is -0.444 e. The van der Waals surface area contributed by atoms with Gasteiger partial charge >= 0.3 is 6.09 Å². The Morgan fingerprint density at radius 2 is 1.64 bits per heavy atom. The molecule has 5 rings (SSSR count). The highest BCUT2D eigenvalue weighted by molar-refractivity contribution is 5.95. The molecule has 0 radical (unpaired) electrons. The molecule has 8 heteroatoms. The molecule has 44 heavy (non-hydrogen) atoms. The molecule has 0 unspecified atom stereocenters. The molecule has 1 aromatic heterocycles. The van der Waals surface area contributed by atoms with Gasteiger partial charge in [0.25, 0.3) is 5.91 Å². The number of aryl methyl sites for hydroxylation is 2. The van der Waals surface area contributed by atoms with Gasteiger partial charge in [-0.05, 0) is 115 Å². The molecule has 2 aliphatic rings. The van der Waals surface area contributed by atoms with Crippen molar-refractivity contribution in [2.75, 3.05) is 39.3 Å². The summed E-state index contributed by atoms with van der Waals surface area (Å²) < 4.78 is 7.55. The van der Waals surface area contributed by atoms with E-state index >= 15 is 0 Å². The fraction of sp³-hybridized carbons (Fsp3) is 0.528. The highest BCUT2D eigenvalue weighted by atomic mass is 16.6. The predicted octanol–water partition coefficient (Wildman–Crippen LogP) is 6.29.